The van der Waals surface area contributed by atoms with Crippen molar-refractivity contribution in [1.29, 1.82) is 0 Å². The van der Waals surface area contributed by atoms with E-state index in [-0.39, 0.29) is 0 Å². The first-order valence-corrected chi connectivity index (χ1v) is 11.1. The van der Waals surface area contributed by atoms with Crippen LogP contribution < -0.4 is 0 Å². The van der Waals surface area contributed by atoms with Crippen LogP contribution in [0.5, 0.6) is 0 Å². The highest BCUT2D eigenvalue weighted by Crippen LogP contribution is 2.64. The summed E-state index contributed by atoms with van der Waals surface area (Å²) in [5.74, 6) is 12.8. The molecule has 0 heteroatoms. The molecule has 0 nitrogen and oxygen atoms in total. The number of rotatable bonds is 0. The van der Waals surface area contributed by atoms with Gasteiger partial charge in [0.25, 0.3) is 0 Å². The zero-order valence-electron chi connectivity index (χ0n) is 18.1. The largest absolute Gasteiger partial charge is 0.0620 e. The van der Waals surface area contributed by atoms with Crippen molar-refractivity contribution in [3.63, 3.8) is 0 Å². The third-order valence-corrected chi connectivity index (χ3v) is 10.8. The molecule has 0 aliphatic heterocycles. The molecule has 0 heterocycles. The van der Waals surface area contributed by atoms with Crippen molar-refractivity contribution < 1.29 is 0 Å². The summed E-state index contributed by atoms with van der Waals surface area (Å²) < 4.78 is 0. The monoisotopic (exact) mass is 332 g/mol. The molecule has 0 N–H and O–H groups in total. The summed E-state index contributed by atoms with van der Waals surface area (Å²) in [6.07, 6.45) is 0. The maximum absolute atomic E-state index is 2.62. The first-order valence-electron chi connectivity index (χ1n) is 11.1. The van der Waals surface area contributed by atoms with E-state index < -0.39 is 0 Å². The fourth-order valence-corrected chi connectivity index (χ4v) is 8.29. The minimum Gasteiger partial charge on any atom is -0.0620 e. The zero-order valence-corrected chi connectivity index (χ0v) is 18.1. The average Bonchev–Trinajstić information content (AvgIpc) is 2.56. The second-order valence-corrected chi connectivity index (χ2v) is 10.9. The molecule has 0 bridgehead atoms. The van der Waals surface area contributed by atoms with Crippen LogP contribution in [-0.2, 0) is 0 Å². The SMILES string of the molecule is CC1C(C)C(C)C2C(C1C)C(C)C(C)C1C(C)C(C)C(C)C(C)C12. The second-order valence-electron chi connectivity index (χ2n) is 10.9. The molecule has 140 valence electrons. The topological polar surface area (TPSA) is 0 Å². The lowest BCUT2D eigenvalue weighted by atomic mass is 9.40. The molecule has 0 radical (unpaired) electrons. The molecular formula is C24H44. The smallest absolute Gasteiger partial charge is 0.0318 e. The van der Waals surface area contributed by atoms with Crippen molar-refractivity contribution in [2.75, 3.05) is 0 Å². The van der Waals surface area contributed by atoms with E-state index in [0.29, 0.717) is 0 Å². The molecule has 0 aromatic rings. The molecule has 0 saturated heterocycles. The molecule has 3 fully saturated rings. The summed E-state index contributed by atoms with van der Waals surface area (Å²) in [5, 5.41) is 0. The Morgan fingerprint density at radius 1 is 0.208 bits per heavy atom. The average molecular weight is 333 g/mol. The Bertz CT molecular complexity index is 411. The van der Waals surface area contributed by atoms with Gasteiger partial charge in [0.15, 0.2) is 0 Å². The van der Waals surface area contributed by atoms with E-state index in [1.54, 1.807) is 0 Å². The van der Waals surface area contributed by atoms with Gasteiger partial charge < -0.3 is 0 Å². The third kappa shape index (κ3) is 2.37. The maximum Gasteiger partial charge on any atom is -0.0318 e. The van der Waals surface area contributed by atoms with E-state index >= 15 is 0 Å². The zero-order chi connectivity index (χ0) is 18.1. The molecule has 3 aliphatic carbocycles. The quantitative estimate of drug-likeness (QED) is 0.455. The van der Waals surface area contributed by atoms with Crippen molar-refractivity contribution in [1.82, 2.24) is 0 Å². The Morgan fingerprint density at radius 3 is 0.625 bits per heavy atom. The van der Waals surface area contributed by atoms with E-state index in [1.807, 2.05) is 0 Å². The molecule has 0 aromatic carbocycles. The standard InChI is InChI=1S/C24H44/c1-11-13(3)17(7)23-21(15(11)5)19(9)20(10)22-16(6)12(2)14(4)18(8)24(22)23/h11-24H,1-10H3. The van der Waals surface area contributed by atoms with Gasteiger partial charge in [-0.15, -0.1) is 0 Å². The van der Waals surface area contributed by atoms with Crippen molar-refractivity contribution in [2.45, 2.75) is 69.2 Å². The van der Waals surface area contributed by atoms with Crippen molar-refractivity contribution in [3.8, 4) is 0 Å². The van der Waals surface area contributed by atoms with Gasteiger partial charge in [-0.05, 0) is 82.9 Å². The molecule has 3 aliphatic rings. The van der Waals surface area contributed by atoms with Crippen molar-refractivity contribution in [2.24, 2.45) is 82.9 Å². The van der Waals surface area contributed by atoms with Gasteiger partial charge in [-0.2, -0.15) is 0 Å². The molecule has 24 heavy (non-hydrogen) atoms. The minimum absolute atomic E-state index is 0.889. The van der Waals surface area contributed by atoms with Crippen LogP contribution in [-0.4, -0.2) is 0 Å². The van der Waals surface area contributed by atoms with Crippen LogP contribution in [0.1, 0.15) is 69.2 Å². The van der Waals surface area contributed by atoms with Gasteiger partial charge in [0.05, 0.1) is 0 Å². The molecule has 3 saturated carbocycles. The first kappa shape index (κ1) is 18.8. The number of fused-ring (bicyclic) bond motifs is 3. The molecule has 14 unspecified atom stereocenters. The van der Waals surface area contributed by atoms with Crippen LogP contribution in [0.25, 0.3) is 0 Å². The van der Waals surface area contributed by atoms with E-state index in [2.05, 4.69) is 69.2 Å². The fraction of sp³-hybridized carbons (Fsp3) is 1.00. The Hall–Kier alpha value is 0. The van der Waals surface area contributed by atoms with Crippen LogP contribution in [0, 0.1) is 82.9 Å². The van der Waals surface area contributed by atoms with Gasteiger partial charge in [0, 0.05) is 0 Å². The lowest BCUT2D eigenvalue weighted by molar-refractivity contribution is -0.175. The summed E-state index contributed by atoms with van der Waals surface area (Å²) in [6, 6.07) is 0. The van der Waals surface area contributed by atoms with E-state index in [4.69, 9.17) is 0 Å². The summed E-state index contributed by atoms with van der Waals surface area (Å²) >= 11 is 0. The molecule has 0 aromatic heterocycles. The Balaban J connectivity index is 2.07. The Kier molecular flexibility index (Phi) is 4.94. The Labute approximate surface area is 152 Å². The minimum atomic E-state index is 0.889. The molecule has 0 spiro atoms. The summed E-state index contributed by atoms with van der Waals surface area (Å²) in [5.41, 5.74) is 0. The van der Waals surface area contributed by atoms with Crippen LogP contribution in [0.4, 0.5) is 0 Å². The van der Waals surface area contributed by atoms with Crippen LogP contribution >= 0.6 is 0 Å². The predicted octanol–water partition coefficient (Wildman–Crippen LogP) is 6.85. The molecular weight excluding hydrogens is 288 g/mol. The highest BCUT2D eigenvalue weighted by atomic mass is 14.6. The summed E-state index contributed by atoms with van der Waals surface area (Å²) in [6.45, 7) is 25.9. The number of hydrogen-bond donors (Lipinski definition) is 0. The predicted molar refractivity (Wildman–Crippen MR) is 106 cm³/mol. The highest BCUT2D eigenvalue weighted by molar-refractivity contribution is 5.07. The van der Waals surface area contributed by atoms with Crippen molar-refractivity contribution >= 4 is 0 Å². The summed E-state index contributed by atoms with van der Waals surface area (Å²) in [4.78, 5) is 0. The normalized spacial score (nSPS) is 64.2. The van der Waals surface area contributed by atoms with E-state index in [9.17, 15) is 0 Å². The highest BCUT2D eigenvalue weighted by Gasteiger charge is 2.59. The fourth-order valence-electron chi connectivity index (χ4n) is 8.29. The van der Waals surface area contributed by atoms with Gasteiger partial charge in [-0.25, -0.2) is 0 Å². The van der Waals surface area contributed by atoms with Gasteiger partial charge in [0.2, 0.25) is 0 Å². The van der Waals surface area contributed by atoms with Gasteiger partial charge >= 0.3 is 0 Å². The molecule has 14 atom stereocenters. The third-order valence-electron chi connectivity index (χ3n) is 10.8. The van der Waals surface area contributed by atoms with Gasteiger partial charge in [-0.1, -0.05) is 69.2 Å². The van der Waals surface area contributed by atoms with Crippen LogP contribution in [0.3, 0.4) is 0 Å². The van der Waals surface area contributed by atoms with Crippen LogP contribution in [0.2, 0.25) is 0 Å². The molecule has 3 rings (SSSR count). The maximum atomic E-state index is 2.62. The Morgan fingerprint density at radius 2 is 0.375 bits per heavy atom. The van der Waals surface area contributed by atoms with E-state index in [0.717, 1.165) is 82.9 Å². The van der Waals surface area contributed by atoms with Crippen LogP contribution in [0.15, 0.2) is 0 Å². The summed E-state index contributed by atoms with van der Waals surface area (Å²) in [7, 11) is 0. The lowest BCUT2D eigenvalue weighted by Crippen LogP contribution is -2.60. The lowest BCUT2D eigenvalue weighted by Gasteiger charge is -2.65. The van der Waals surface area contributed by atoms with E-state index in [1.165, 1.54) is 0 Å². The van der Waals surface area contributed by atoms with Crippen molar-refractivity contribution in [3.05, 3.63) is 0 Å². The molecule has 0 amide bonds. The van der Waals surface area contributed by atoms with Gasteiger partial charge in [-0.3, -0.25) is 0 Å². The first-order chi connectivity index (χ1) is 11.1. The number of hydrogen-bond acceptors (Lipinski definition) is 0. The van der Waals surface area contributed by atoms with Gasteiger partial charge in [0.1, 0.15) is 0 Å². The second kappa shape index (κ2) is 6.31.